The second kappa shape index (κ2) is 8.84. The van der Waals surface area contributed by atoms with Gasteiger partial charge in [-0.3, -0.25) is 15.1 Å². The van der Waals surface area contributed by atoms with Gasteiger partial charge in [-0.15, -0.1) is 0 Å². The Morgan fingerprint density at radius 1 is 1.22 bits per heavy atom. The molecule has 6 heteroatoms. The third-order valence-electron chi connectivity index (χ3n) is 5.76. The van der Waals surface area contributed by atoms with Crippen molar-refractivity contribution in [1.29, 1.82) is 5.26 Å². The van der Waals surface area contributed by atoms with E-state index in [1.807, 2.05) is 51.1 Å². The lowest BCUT2D eigenvalue weighted by Gasteiger charge is -2.37. The summed E-state index contributed by atoms with van der Waals surface area (Å²) in [6, 6.07) is 12.8. The Balaban J connectivity index is 2.25. The summed E-state index contributed by atoms with van der Waals surface area (Å²) < 4.78 is 5.80. The number of nitrogens with one attached hydrogen (secondary N) is 1. The van der Waals surface area contributed by atoms with Crippen LogP contribution < -0.4 is 5.32 Å². The van der Waals surface area contributed by atoms with E-state index >= 15 is 0 Å². The maximum atomic E-state index is 13.4. The van der Waals surface area contributed by atoms with Crippen molar-refractivity contribution in [3.63, 3.8) is 0 Å². The zero-order chi connectivity index (χ0) is 23.7. The molecule has 1 aromatic heterocycles. The first-order chi connectivity index (χ1) is 14.9. The predicted molar refractivity (Wildman–Crippen MR) is 126 cm³/mol. The van der Waals surface area contributed by atoms with Gasteiger partial charge in [-0.2, -0.15) is 5.26 Å². The molecule has 1 saturated heterocycles. The average molecular weight is 454 g/mol. The lowest BCUT2D eigenvalue weighted by Crippen LogP contribution is -2.44. The highest BCUT2D eigenvalue weighted by atomic mass is 35.5. The normalized spacial score (nSPS) is 25.9. The molecule has 0 radical (unpaired) electrons. The van der Waals surface area contributed by atoms with Crippen LogP contribution in [0.4, 0.5) is 0 Å². The van der Waals surface area contributed by atoms with E-state index in [-0.39, 0.29) is 17.4 Å². The number of halogens is 1. The third-order valence-corrected chi connectivity index (χ3v) is 6.00. The van der Waals surface area contributed by atoms with Crippen LogP contribution in [0.25, 0.3) is 0 Å². The van der Waals surface area contributed by atoms with Crippen molar-refractivity contribution < 1.29 is 9.53 Å². The molecule has 0 spiro atoms. The predicted octanol–water partition coefficient (Wildman–Crippen LogP) is 5.40. The summed E-state index contributed by atoms with van der Waals surface area (Å²) in [6.07, 6.45) is 4.11. The van der Waals surface area contributed by atoms with E-state index in [4.69, 9.17) is 16.3 Å². The molecule has 1 aliphatic heterocycles. The standard InChI is InChI=1S/C26H32ClN3O2/c1-24(2,3)14-20-26(16-28,18-10-8-12-29-15-18)21(17-9-7-11-19(27)13-17)22(30-20)23(31)32-25(4,5)6/h7-13,15,20-22,30H,14H2,1-6H3/t20-,21-,22+,26-/m0/s1. The molecule has 1 aromatic carbocycles. The summed E-state index contributed by atoms with van der Waals surface area (Å²) in [5.41, 5.74) is -0.163. The van der Waals surface area contributed by atoms with Gasteiger partial charge in [-0.25, -0.2) is 0 Å². The monoisotopic (exact) mass is 453 g/mol. The van der Waals surface area contributed by atoms with Gasteiger partial charge in [0.25, 0.3) is 0 Å². The van der Waals surface area contributed by atoms with Gasteiger partial charge in [0.1, 0.15) is 17.1 Å². The van der Waals surface area contributed by atoms with E-state index in [9.17, 15) is 10.1 Å². The van der Waals surface area contributed by atoms with Gasteiger partial charge in [0.2, 0.25) is 0 Å². The summed E-state index contributed by atoms with van der Waals surface area (Å²) in [5.74, 6) is -0.875. The number of nitrogens with zero attached hydrogens (tertiary/aromatic N) is 2. The first-order valence-electron chi connectivity index (χ1n) is 10.9. The molecule has 5 nitrogen and oxygen atoms in total. The fraction of sp³-hybridized carbons (Fsp3) is 0.500. The molecule has 170 valence electrons. The SMILES string of the molecule is CC(C)(C)C[C@@H]1N[C@@H](C(=O)OC(C)(C)C)[C@H](c2cccc(Cl)c2)[C@@]1(C#N)c1cccnc1. The summed E-state index contributed by atoms with van der Waals surface area (Å²) in [5, 5.41) is 14.8. The maximum Gasteiger partial charge on any atom is 0.324 e. The van der Waals surface area contributed by atoms with Crippen molar-refractivity contribution in [2.75, 3.05) is 0 Å². The van der Waals surface area contributed by atoms with Crippen molar-refractivity contribution >= 4 is 17.6 Å². The van der Waals surface area contributed by atoms with Crippen molar-refractivity contribution in [3.8, 4) is 6.07 Å². The molecule has 0 bridgehead atoms. The minimum Gasteiger partial charge on any atom is -0.459 e. The number of esters is 1. The van der Waals surface area contributed by atoms with Crippen LogP contribution in [0.2, 0.25) is 5.02 Å². The number of aromatic nitrogens is 1. The molecule has 4 atom stereocenters. The highest BCUT2D eigenvalue weighted by Gasteiger charge is 2.60. The molecule has 0 saturated carbocycles. The van der Waals surface area contributed by atoms with Gasteiger partial charge in [-0.05, 0) is 61.9 Å². The zero-order valence-corrected chi connectivity index (χ0v) is 20.4. The number of ether oxygens (including phenoxy) is 1. The molecule has 2 heterocycles. The zero-order valence-electron chi connectivity index (χ0n) is 19.6. The molecule has 1 N–H and O–H groups in total. The number of nitriles is 1. The van der Waals surface area contributed by atoms with Crippen LogP contribution in [0.1, 0.15) is 65.0 Å². The lowest BCUT2D eigenvalue weighted by atomic mass is 9.63. The average Bonchev–Trinajstić information content (AvgIpc) is 3.01. The number of hydrogen-bond acceptors (Lipinski definition) is 5. The molecule has 0 unspecified atom stereocenters. The van der Waals surface area contributed by atoms with E-state index in [2.05, 4.69) is 37.1 Å². The molecule has 0 amide bonds. The van der Waals surface area contributed by atoms with Crippen molar-refractivity contribution in [2.24, 2.45) is 5.41 Å². The van der Waals surface area contributed by atoms with E-state index < -0.39 is 23.0 Å². The van der Waals surface area contributed by atoms with E-state index in [1.165, 1.54) is 0 Å². The Hall–Kier alpha value is -2.42. The summed E-state index contributed by atoms with van der Waals surface area (Å²) >= 11 is 6.35. The van der Waals surface area contributed by atoms with E-state index in [0.717, 1.165) is 11.1 Å². The Morgan fingerprint density at radius 2 is 1.94 bits per heavy atom. The van der Waals surface area contributed by atoms with Gasteiger partial charge in [0.15, 0.2) is 0 Å². The van der Waals surface area contributed by atoms with Gasteiger partial charge in [-0.1, -0.05) is 50.6 Å². The van der Waals surface area contributed by atoms with Crippen LogP contribution in [0.3, 0.4) is 0 Å². The molecule has 1 fully saturated rings. The largest absolute Gasteiger partial charge is 0.459 e. The molecule has 3 rings (SSSR count). The van der Waals surface area contributed by atoms with Gasteiger partial charge in [0, 0.05) is 29.4 Å². The van der Waals surface area contributed by atoms with Gasteiger partial charge >= 0.3 is 5.97 Å². The molecule has 2 aromatic rings. The molecular weight excluding hydrogens is 422 g/mol. The van der Waals surface area contributed by atoms with Crippen LogP contribution >= 0.6 is 11.6 Å². The van der Waals surface area contributed by atoms with Crippen molar-refractivity contribution in [2.45, 2.75) is 77.0 Å². The fourth-order valence-electron chi connectivity index (χ4n) is 4.68. The number of pyridine rings is 1. The lowest BCUT2D eigenvalue weighted by molar-refractivity contribution is -0.157. The minimum absolute atomic E-state index is 0.0797. The van der Waals surface area contributed by atoms with Crippen LogP contribution in [0.5, 0.6) is 0 Å². The Morgan fingerprint density at radius 3 is 2.47 bits per heavy atom. The molecule has 1 aliphatic rings. The second-order valence-electron chi connectivity index (χ2n) is 10.8. The van der Waals surface area contributed by atoms with Crippen LogP contribution in [-0.2, 0) is 14.9 Å². The number of hydrogen-bond donors (Lipinski definition) is 1. The fourth-order valence-corrected chi connectivity index (χ4v) is 4.88. The summed E-state index contributed by atoms with van der Waals surface area (Å²) in [4.78, 5) is 17.7. The second-order valence-corrected chi connectivity index (χ2v) is 11.2. The molecular formula is C26H32ClN3O2. The first-order valence-corrected chi connectivity index (χ1v) is 11.3. The highest BCUT2D eigenvalue weighted by molar-refractivity contribution is 6.30. The van der Waals surface area contributed by atoms with Crippen LogP contribution in [-0.4, -0.2) is 28.6 Å². The highest BCUT2D eigenvalue weighted by Crippen LogP contribution is 2.51. The Bertz CT molecular complexity index is 1000. The number of carbonyl (C=O) groups excluding carboxylic acids is 1. The van der Waals surface area contributed by atoms with Crippen LogP contribution in [0.15, 0.2) is 48.8 Å². The summed E-state index contributed by atoms with van der Waals surface area (Å²) in [6.45, 7) is 11.9. The minimum atomic E-state index is -1.03. The first kappa shape index (κ1) is 24.2. The Kier molecular flexibility index (Phi) is 6.70. The molecule has 0 aliphatic carbocycles. The quantitative estimate of drug-likeness (QED) is 0.627. The van der Waals surface area contributed by atoms with E-state index in [1.54, 1.807) is 18.5 Å². The smallest absolute Gasteiger partial charge is 0.324 e. The maximum absolute atomic E-state index is 13.4. The van der Waals surface area contributed by atoms with Gasteiger partial charge in [0.05, 0.1) is 6.07 Å². The topological polar surface area (TPSA) is 75.0 Å². The van der Waals surface area contributed by atoms with E-state index in [0.29, 0.717) is 11.4 Å². The number of carbonyl (C=O) groups is 1. The van der Waals surface area contributed by atoms with Crippen molar-refractivity contribution in [1.82, 2.24) is 10.3 Å². The number of benzene rings is 1. The number of rotatable bonds is 4. The van der Waals surface area contributed by atoms with Gasteiger partial charge < -0.3 is 4.74 Å². The summed E-state index contributed by atoms with van der Waals surface area (Å²) in [7, 11) is 0. The van der Waals surface area contributed by atoms with Crippen molar-refractivity contribution in [3.05, 3.63) is 64.9 Å². The third kappa shape index (κ3) is 4.98. The van der Waals surface area contributed by atoms with Crippen LogP contribution in [0, 0.1) is 16.7 Å². The Labute approximate surface area is 196 Å². The molecule has 32 heavy (non-hydrogen) atoms.